The van der Waals surface area contributed by atoms with Crippen LogP contribution in [-0.2, 0) is 6.42 Å². The maximum atomic E-state index is 6.20. The minimum absolute atomic E-state index is 0.268. The first-order valence-corrected chi connectivity index (χ1v) is 8.49. The van der Waals surface area contributed by atoms with Crippen LogP contribution in [0, 0.1) is 0 Å². The second-order valence-electron chi connectivity index (χ2n) is 5.95. The zero-order valence-electron chi connectivity index (χ0n) is 11.9. The summed E-state index contributed by atoms with van der Waals surface area (Å²) < 4.78 is -1.39. The third-order valence-corrected chi connectivity index (χ3v) is 5.01. The molecule has 1 aliphatic rings. The van der Waals surface area contributed by atoms with Crippen molar-refractivity contribution in [1.82, 2.24) is 10.3 Å². The summed E-state index contributed by atoms with van der Waals surface area (Å²) in [6.07, 6.45) is 4.65. The van der Waals surface area contributed by atoms with E-state index in [-0.39, 0.29) is 5.92 Å². The molecule has 1 fully saturated rings. The number of aromatic amines is 1. The number of thiol groups is 3. The van der Waals surface area contributed by atoms with Crippen LogP contribution in [0.25, 0.3) is 10.9 Å². The van der Waals surface area contributed by atoms with Gasteiger partial charge in [-0.1, -0.05) is 13.0 Å². The molecular weight excluding hydrogens is 315 g/mol. The summed E-state index contributed by atoms with van der Waals surface area (Å²) >= 11 is 13.7. The normalized spacial score (nSPS) is 28.9. The van der Waals surface area contributed by atoms with E-state index in [4.69, 9.17) is 7.85 Å². The summed E-state index contributed by atoms with van der Waals surface area (Å²) in [5.41, 5.74) is 3.77. The predicted octanol–water partition coefficient (Wildman–Crippen LogP) is 3.46. The number of hydrogen-bond acceptors (Lipinski definition) is 4. The molecule has 1 aliphatic heterocycles. The highest BCUT2D eigenvalue weighted by atomic mass is 32.2. The number of rotatable bonds is 2. The monoisotopic (exact) mass is 334 g/mol. The summed E-state index contributed by atoms with van der Waals surface area (Å²) in [6.45, 7) is 2.17. The van der Waals surface area contributed by atoms with Gasteiger partial charge in [-0.3, -0.25) is 5.32 Å². The quantitative estimate of drug-likeness (QED) is 0.325. The van der Waals surface area contributed by atoms with Crippen molar-refractivity contribution in [2.24, 2.45) is 0 Å². The fraction of sp³-hybridized carbons (Fsp3) is 0.467. The standard InChI is InChI=1S/C15H19BN2S3/c1-2-9-3-4-13-11(5-9)12(8-17-13)10-6-14(16,19)18-15(20,21)7-10/h3-5,8,10,17-21H,2,6-7H2,1H3. The molecule has 6 heteroatoms. The Hall–Kier alpha value is -0.165. The third kappa shape index (κ3) is 3.28. The molecular formula is C15H19BN2S3. The van der Waals surface area contributed by atoms with Crippen LogP contribution in [0.15, 0.2) is 24.4 Å². The highest BCUT2D eigenvalue weighted by Gasteiger charge is 2.40. The van der Waals surface area contributed by atoms with E-state index in [1.165, 1.54) is 16.5 Å². The van der Waals surface area contributed by atoms with Crippen molar-refractivity contribution in [2.45, 2.75) is 41.1 Å². The molecule has 21 heavy (non-hydrogen) atoms. The van der Waals surface area contributed by atoms with E-state index in [0.717, 1.165) is 24.8 Å². The molecule has 3 rings (SSSR count). The lowest BCUT2D eigenvalue weighted by atomic mass is 9.78. The topological polar surface area (TPSA) is 27.8 Å². The SMILES string of the molecule is [B]C1(S)CC(c2c[nH]c3ccc(CC)cc23)CC(S)(S)N1. The molecule has 0 spiro atoms. The fourth-order valence-electron chi connectivity index (χ4n) is 3.21. The number of H-pyrrole nitrogens is 1. The van der Waals surface area contributed by atoms with Crippen molar-refractivity contribution in [2.75, 3.05) is 0 Å². The Kier molecular flexibility index (Phi) is 4.10. The summed E-state index contributed by atoms with van der Waals surface area (Å²) in [4.78, 5) is 3.36. The average molecular weight is 334 g/mol. The van der Waals surface area contributed by atoms with Crippen LogP contribution in [0.3, 0.4) is 0 Å². The molecule has 2 atom stereocenters. The van der Waals surface area contributed by atoms with Gasteiger partial charge in [0, 0.05) is 21.9 Å². The van der Waals surface area contributed by atoms with Crippen LogP contribution in [0.4, 0.5) is 0 Å². The molecule has 2 unspecified atom stereocenters. The lowest BCUT2D eigenvalue weighted by molar-refractivity contribution is 0.370. The zero-order chi connectivity index (χ0) is 15.3. The molecule has 0 saturated carbocycles. The summed E-state index contributed by atoms with van der Waals surface area (Å²) in [5, 5.41) is 4.42. The summed E-state index contributed by atoms with van der Waals surface area (Å²) in [6, 6.07) is 6.57. The van der Waals surface area contributed by atoms with Crippen molar-refractivity contribution >= 4 is 56.6 Å². The molecule has 0 bridgehead atoms. The fourth-order valence-corrected chi connectivity index (χ4v) is 4.63. The van der Waals surface area contributed by atoms with Gasteiger partial charge < -0.3 is 4.98 Å². The largest absolute Gasteiger partial charge is 0.361 e. The molecule has 2 N–H and O–H groups in total. The van der Waals surface area contributed by atoms with Gasteiger partial charge in [-0.25, -0.2) is 0 Å². The molecule has 1 aromatic heterocycles. The first-order chi connectivity index (χ1) is 9.80. The smallest absolute Gasteiger partial charge is 0.110 e. The average Bonchev–Trinajstić information content (AvgIpc) is 2.77. The van der Waals surface area contributed by atoms with E-state index < -0.39 is 8.97 Å². The van der Waals surface area contributed by atoms with Crippen LogP contribution >= 0.6 is 37.9 Å². The van der Waals surface area contributed by atoms with E-state index >= 15 is 0 Å². The molecule has 0 amide bonds. The van der Waals surface area contributed by atoms with Gasteiger partial charge in [-0.2, -0.15) is 12.6 Å². The zero-order valence-corrected chi connectivity index (χ0v) is 14.6. The van der Waals surface area contributed by atoms with E-state index in [2.05, 4.69) is 79.5 Å². The number of nitrogens with one attached hydrogen (secondary N) is 2. The maximum Gasteiger partial charge on any atom is 0.110 e. The second kappa shape index (κ2) is 5.48. The lowest BCUT2D eigenvalue weighted by Crippen LogP contribution is -2.55. The van der Waals surface area contributed by atoms with Gasteiger partial charge in [-0.05, 0) is 48.4 Å². The minimum atomic E-state index is -0.765. The van der Waals surface area contributed by atoms with Crippen LogP contribution < -0.4 is 5.32 Å². The molecule has 2 nitrogen and oxygen atoms in total. The number of fused-ring (bicyclic) bond motifs is 1. The summed E-state index contributed by atoms with van der Waals surface area (Å²) in [5.74, 6) is 0.268. The van der Waals surface area contributed by atoms with E-state index in [9.17, 15) is 0 Å². The maximum absolute atomic E-state index is 6.20. The number of benzene rings is 1. The summed E-state index contributed by atoms with van der Waals surface area (Å²) in [7, 11) is 6.20. The molecule has 2 aromatic rings. The molecule has 1 saturated heterocycles. The van der Waals surface area contributed by atoms with Gasteiger partial charge in [0.25, 0.3) is 0 Å². The molecule has 110 valence electrons. The van der Waals surface area contributed by atoms with Crippen LogP contribution in [-0.4, -0.2) is 21.8 Å². The predicted molar refractivity (Wildman–Crippen MR) is 101 cm³/mol. The van der Waals surface area contributed by atoms with Gasteiger partial charge in [0.2, 0.25) is 0 Å². The van der Waals surface area contributed by atoms with Crippen LogP contribution in [0.2, 0.25) is 0 Å². The number of piperidine rings is 1. The van der Waals surface area contributed by atoms with Gasteiger partial charge in [0.15, 0.2) is 0 Å². The van der Waals surface area contributed by atoms with Crippen molar-refractivity contribution in [3.63, 3.8) is 0 Å². The molecule has 1 aromatic carbocycles. The lowest BCUT2D eigenvalue weighted by Gasteiger charge is -2.45. The Morgan fingerprint density at radius 2 is 2.05 bits per heavy atom. The van der Waals surface area contributed by atoms with Crippen molar-refractivity contribution < 1.29 is 0 Å². The number of aryl methyl sites for hydroxylation is 1. The van der Waals surface area contributed by atoms with Crippen LogP contribution in [0.5, 0.6) is 0 Å². The molecule has 2 radical (unpaired) electrons. The number of aromatic nitrogens is 1. The Morgan fingerprint density at radius 1 is 1.29 bits per heavy atom. The van der Waals surface area contributed by atoms with E-state index in [1.54, 1.807) is 0 Å². The second-order valence-corrected chi connectivity index (χ2v) is 8.63. The van der Waals surface area contributed by atoms with Crippen molar-refractivity contribution in [3.8, 4) is 0 Å². The molecule has 0 aliphatic carbocycles. The molecule has 2 heterocycles. The Balaban J connectivity index is 2.03. The Morgan fingerprint density at radius 3 is 2.71 bits per heavy atom. The van der Waals surface area contributed by atoms with Crippen molar-refractivity contribution in [1.29, 1.82) is 0 Å². The van der Waals surface area contributed by atoms with E-state index in [0.29, 0.717) is 0 Å². The Bertz CT molecular complexity index is 650. The van der Waals surface area contributed by atoms with Gasteiger partial charge >= 0.3 is 0 Å². The highest BCUT2D eigenvalue weighted by Crippen LogP contribution is 2.44. The first-order valence-electron chi connectivity index (χ1n) is 7.15. The first kappa shape index (κ1) is 15.7. The number of hydrogen-bond donors (Lipinski definition) is 5. The van der Waals surface area contributed by atoms with Gasteiger partial charge in [0.1, 0.15) is 12.0 Å². The van der Waals surface area contributed by atoms with Gasteiger partial charge in [-0.15, -0.1) is 25.3 Å². The Labute approximate surface area is 143 Å². The van der Waals surface area contributed by atoms with Crippen molar-refractivity contribution in [3.05, 3.63) is 35.5 Å². The van der Waals surface area contributed by atoms with Gasteiger partial charge in [0.05, 0.1) is 0 Å². The highest BCUT2D eigenvalue weighted by molar-refractivity contribution is 8.00. The van der Waals surface area contributed by atoms with Crippen LogP contribution in [0.1, 0.15) is 36.8 Å². The third-order valence-electron chi connectivity index (χ3n) is 4.13. The van der Waals surface area contributed by atoms with E-state index in [1.807, 2.05) is 0 Å². The minimum Gasteiger partial charge on any atom is -0.361 e.